The predicted octanol–water partition coefficient (Wildman–Crippen LogP) is 2.19. The maximum atomic E-state index is 5.91. The Bertz CT molecular complexity index is 851. The number of anilines is 1. The lowest BCUT2D eigenvalue weighted by molar-refractivity contribution is 0.317. The Balaban J connectivity index is 1.40. The lowest BCUT2D eigenvalue weighted by Crippen LogP contribution is -2.20. The van der Waals surface area contributed by atoms with E-state index in [1.807, 2.05) is 12.4 Å². The minimum atomic E-state index is 0.504. The van der Waals surface area contributed by atoms with Crippen LogP contribution in [0.1, 0.15) is 12.5 Å². The van der Waals surface area contributed by atoms with Crippen LogP contribution in [-0.4, -0.2) is 48.7 Å². The Hall–Kier alpha value is -2.19. The van der Waals surface area contributed by atoms with Crippen molar-refractivity contribution >= 4 is 28.6 Å². The summed E-state index contributed by atoms with van der Waals surface area (Å²) < 4.78 is 0. The minimum Gasteiger partial charge on any atom is -0.382 e. The van der Waals surface area contributed by atoms with E-state index in [1.54, 1.807) is 24.2 Å². The van der Waals surface area contributed by atoms with E-state index in [-0.39, 0.29) is 0 Å². The molecule has 2 unspecified atom stereocenters. The molecular formula is C17H21N7S. The smallest absolute Gasteiger partial charge is 0.151 e. The molecule has 0 aromatic carbocycles. The van der Waals surface area contributed by atoms with E-state index in [0.29, 0.717) is 17.7 Å². The number of hydrogen-bond donors (Lipinski definition) is 2. The molecule has 2 atom stereocenters. The summed E-state index contributed by atoms with van der Waals surface area (Å²) in [6, 6.07) is 0. The molecule has 1 aliphatic heterocycles. The number of nitrogens with one attached hydrogen (secondary N) is 1. The van der Waals surface area contributed by atoms with Crippen molar-refractivity contribution in [2.45, 2.75) is 18.5 Å². The highest BCUT2D eigenvalue weighted by molar-refractivity contribution is 7.99. The molecule has 4 rings (SSSR count). The summed E-state index contributed by atoms with van der Waals surface area (Å²) in [5.74, 6) is 2.88. The summed E-state index contributed by atoms with van der Waals surface area (Å²) >= 11 is 1.79. The van der Waals surface area contributed by atoms with Gasteiger partial charge >= 0.3 is 0 Å². The number of H-pyrrole nitrogens is 1. The number of nitrogens with two attached hydrogens (primary N) is 1. The van der Waals surface area contributed by atoms with Gasteiger partial charge in [-0.05, 0) is 11.8 Å². The van der Waals surface area contributed by atoms with Gasteiger partial charge in [-0.3, -0.25) is 9.88 Å². The van der Waals surface area contributed by atoms with Crippen molar-refractivity contribution in [1.29, 1.82) is 0 Å². The first-order valence-electron chi connectivity index (χ1n) is 8.38. The van der Waals surface area contributed by atoms with Gasteiger partial charge in [-0.1, -0.05) is 6.92 Å². The lowest BCUT2D eigenvalue weighted by Gasteiger charge is -2.15. The topological polar surface area (TPSA) is 96.6 Å². The molecule has 0 spiro atoms. The number of likely N-dealkylation sites (tertiary alicyclic amines) is 1. The highest BCUT2D eigenvalue weighted by atomic mass is 32.2. The number of nitrogens with zero attached hydrogens (tertiary/aromatic N) is 5. The largest absolute Gasteiger partial charge is 0.382 e. The van der Waals surface area contributed by atoms with Crippen LogP contribution in [0.15, 0.2) is 36.1 Å². The number of rotatable bonds is 5. The first-order chi connectivity index (χ1) is 12.2. The molecule has 4 heterocycles. The van der Waals surface area contributed by atoms with Crippen molar-refractivity contribution in [2.75, 3.05) is 24.6 Å². The molecule has 25 heavy (non-hydrogen) atoms. The van der Waals surface area contributed by atoms with Crippen LogP contribution >= 0.6 is 11.8 Å². The number of aromatic nitrogens is 5. The Morgan fingerprint density at radius 1 is 1.28 bits per heavy atom. The van der Waals surface area contributed by atoms with E-state index in [9.17, 15) is 0 Å². The fraction of sp³-hybridized carbons (Fsp3) is 0.412. The normalized spacial score (nSPS) is 21.2. The fourth-order valence-corrected chi connectivity index (χ4v) is 4.50. The van der Waals surface area contributed by atoms with Crippen molar-refractivity contribution < 1.29 is 0 Å². The average Bonchev–Trinajstić information content (AvgIpc) is 3.19. The molecule has 3 aromatic rings. The van der Waals surface area contributed by atoms with Gasteiger partial charge in [-0.2, -0.15) is 0 Å². The maximum absolute atomic E-state index is 5.91. The van der Waals surface area contributed by atoms with Gasteiger partial charge in [0.05, 0.1) is 11.7 Å². The summed E-state index contributed by atoms with van der Waals surface area (Å²) in [5, 5.41) is 0.997. The summed E-state index contributed by atoms with van der Waals surface area (Å²) in [7, 11) is 0. The van der Waals surface area contributed by atoms with Crippen molar-refractivity contribution in [3.63, 3.8) is 0 Å². The van der Waals surface area contributed by atoms with Gasteiger partial charge < -0.3 is 10.7 Å². The molecule has 1 fully saturated rings. The molecular weight excluding hydrogens is 334 g/mol. The zero-order chi connectivity index (χ0) is 17.2. The second kappa shape index (κ2) is 6.97. The molecule has 1 aliphatic rings. The van der Waals surface area contributed by atoms with Crippen LogP contribution in [0.25, 0.3) is 11.0 Å². The van der Waals surface area contributed by atoms with Crippen molar-refractivity contribution in [1.82, 2.24) is 29.8 Å². The Labute approximate surface area is 150 Å². The zero-order valence-corrected chi connectivity index (χ0v) is 14.9. The van der Waals surface area contributed by atoms with E-state index in [1.165, 1.54) is 11.9 Å². The Kier molecular flexibility index (Phi) is 4.54. The molecule has 8 heteroatoms. The van der Waals surface area contributed by atoms with Crippen LogP contribution in [0.5, 0.6) is 0 Å². The van der Waals surface area contributed by atoms with Gasteiger partial charge in [-0.15, -0.1) is 11.8 Å². The second-order valence-corrected chi connectivity index (χ2v) is 7.62. The third-order valence-electron chi connectivity index (χ3n) is 4.79. The van der Waals surface area contributed by atoms with Crippen LogP contribution < -0.4 is 5.73 Å². The highest BCUT2D eigenvalue weighted by Gasteiger charge is 2.30. The number of aromatic amines is 1. The van der Waals surface area contributed by atoms with Crippen LogP contribution in [0, 0.1) is 11.8 Å². The molecule has 1 saturated heterocycles. The van der Waals surface area contributed by atoms with Gasteiger partial charge in [0.2, 0.25) is 0 Å². The molecule has 0 saturated carbocycles. The molecule has 130 valence electrons. The molecule has 0 bridgehead atoms. The SMILES string of the molecule is CC1CN(Cc2c[nH]c3c(N)ncnc23)CC1CSc1cnccn1. The van der Waals surface area contributed by atoms with Crippen molar-refractivity contribution in [2.24, 2.45) is 11.8 Å². The highest BCUT2D eigenvalue weighted by Crippen LogP contribution is 2.30. The van der Waals surface area contributed by atoms with Gasteiger partial charge in [-0.25, -0.2) is 15.0 Å². The molecule has 0 radical (unpaired) electrons. The predicted molar refractivity (Wildman–Crippen MR) is 99.0 cm³/mol. The van der Waals surface area contributed by atoms with Crippen molar-refractivity contribution in [3.05, 3.63) is 36.7 Å². The van der Waals surface area contributed by atoms with Gasteiger partial charge in [0.25, 0.3) is 0 Å². The summed E-state index contributed by atoms with van der Waals surface area (Å²) in [6.07, 6.45) is 8.82. The summed E-state index contributed by atoms with van der Waals surface area (Å²) in [5.41, 5.74) is 8.85. The summed E-state index contributed by atoms with van der Waals surface area (Å²) in [6.45, 7) is 5.39. The minimum absolute atomic E-state index is 0.504. The third kappa shape index (κ3) is 3.45. The van der Waals surface area contributed by atoms with Crippen molar-refractivity contribution in [3.8, 4) is 0 Å². The van der Waals surface area contributed by atoms with Crippen LogP contribution in [-0.2, 0) is 6.54 Å². The number of nitrogen functional groups attached to an aromatic ring is 1. The summed E-state index contributed by atoms with van der Waals surface area (Å²) in [4.78, 5) is 22.6. The average molecular weight is 355 g/mol. The quantitative estimate of drug-likeness (QED) is 0.677. The van der Waals surface area contributed by atoms with Crippen LogP contribution in [0.2, 0.25) is 0 Å². The van der Waals surface area contributed by atoms with Crippen LogP contribution in [0.3, 0.4) is 0 Å². The van der Waals surface area contributed by atoms with E-state index in [2.05, 4.69) is 36.7 Å². The lowest BCUT2D eigenvalue weighted by atomic mass is 10.0. The zero-order valence-electron chi connectivity index (χ0n) is 14.1. The standard InChI is InChI=1S/C17H21N7S/c1-11-6-24(8-13(11)9-25-14-5-19-2-3-20-14)7-12-4-21-16-15(12)22-10-23-17(16)18/h2-5,10-11,13,21H,6-9H2,1H3,(H2,18,22,23). The third-order valence-corrected chi connectivity index (χ3v) is 5.90. The number of fused-ring (bicyclic) bond motifs is 1. The second-order valence-electron chi connectivity index (χ2n) is 6.58. The van der Waals surface area contributed by atoms with Crippen LogP contribution in [0.4, 0.5) is 5.82 Å². The molecule has 0 aliphatic carbocycles. The van der Waals surface area contributed by atoms with Gasteiger partial charge in [0.15, 0.2) is 5.82 Å². The van der Waals surface area contributed by atoms with E-state index < -0.39 is 0 Å². The van der Waals surface area contributed by atoms with E-state index in [4.69, 9.17) is 5.73 Å². The molecule has 0 amide bonds. The van der Waals surface area contributed by atoms with Gasteiger partial charge in [0.1, 0.15) is 16.9 Å². The fourth-order valence-electron chi connectivity index (χ4n) is 3.41. The first-order valence-corrected chi connectivity index (χ1v) is 9.37. The Morgan fingerprint density at radius 2 is 2.20 bits per heavy atom. The number of hydrogen-bond acceptors (Lipinski definition) is 7. The number of thioether (sulfide) groups is 1. The van der Waals surface area contributed by atoms with Gasteiger partial charge in [0, 0.05) is 49.5 Å². The molecule has 3 N–H and O–H groups in total. The first kappa shape index (κ1) is 16.3. The van der Waals surface area contributed by atoms with E-state index >= 15 is 0 Å². The Morgan fingerprint density at radius 3 is 3.04 bits per heavy atom. The monoisotopic (exact) mass is 355 g/mol. The molecule has 3 aromatic heterocycles. The molecule has 7 nitrogen and oxygen atoms in total. The maximum Gasteiger partial charge on any atom is 0.151 e. The van der Waals surface area contributed by atoms with E-state index in [0.717, 1.165) is 41.4 Å².